The van der Waals surface area contributed by atoms with E-state index in [1.54, 1.807) is 55.6 Å². The molecule has 1 amide bonds. The van der Waals surface area contributed by atoms with E-state index in [1.165, 1.54) is 12.0 Å². The number of anilines is 2. The Bertz CT molecular complexity index is 1550. The minimum Gasteiger partial charge on any atom is -0.503 e. The van der Waals surface area contributed by atoms with Gasteiger partial charge in [-0.25, -0.2) is 0 Å². The van der Waals surface area contributed by atoms with Crippen LogP contribution < -0.4 is 19.3 Å². The second kappa shape index (κ2) is 10.6. The number of amides is 1. The van der Waals surface area contributed by atoms with Crippen LogP contribution in [0.4, 0.5) is 11.4 Å². The Hall–Kier alpha value is -4.72. The van der Waals surface area contributed by atoms with Gasteiger partial charge in [0.1, 0.15) is 5.75 Å². The van der Waals surface area contributed by atoms with Crippen LogP contribution in [0.5, 0.6) is 11.5 Å². The van der Waals surface area contributed by atoms with E-state index in [2.05, 4.69) is 18.7 Å². The number of para-hydroxylation sites is 1. The molecule has 3 aromatic carbocycles. The highest BCUT2D eigenvalue weighted by Gasteiger charge is 2.45. The second-order valence-corrected chi connectivity index (χ2v) is 9.12. The summed E-state index contributed by atoms with van der Waals surface area (Å²) in [5.74, 6) is -0.750. The molecule has 1 N–H and O–H groups in total. The van der Waals surface area contributed by atoms with Crippen molar-refractivity contribution in [2.24, 2.45) is 0 Å². The van der Waals surface area contributed by atoms with Crippen LogP contribution in [0.1, 0.15) is 36.0 Å². The van der Waals surface area contributed by atoms with E-state index in [4.69, 9.17) is 13.9 Å². The largest absolute Gasteiger partial charge is 0.503 e. The van der Waals surface area contributed by atoms with Gasteiger partial charge in [-0.15, -0.1) is 0 Å². The number of rotatable bonds is 9. The summed E-state index contributed by atoms with van der Waals surface area (Å²) >= 11 is 0. The summed E-state index contributed by atoms with van der Waals surface area (Å²) in [6, 6.07) is 20.7. The van der Waals surface area contributed by atoms with Crippen LogP contribution in [0.25, 0.3) is 11.0 Å². The fourth-order valence-electron chi connectivity index (χ4n) is 5.06. The topological polar surface area (TPSA) is 92.5 Å². The number of ketones is 1. The summed E-state index contributed by atoms with van der Waals surface area (Å²) in [7, 11) is 3.08. The second-order valence-electron chi connectivity index (χ2n) is 9.12. The summed E-state index contributed by atoms with van der Waals surface area (Å²) in [5, 5.41) is 11.8. The van der Waals surface area contributed by atoms with E-state index in [-0.39, 0.29) is 11.3 Å². The number of Topliss-reactive ketones (excluding diaryl/α,β-unsaturated/α-hetero) is 1. The Morgan fingerprint density at radius 2 is 1.67 bits per heavy atom. The maximum absolute atomic E-state index is 13.9. The number of aliphatic hydroxyl groups excluding tert-OH is 1. The Kier molecular flexibility index (Phi) is 7.02. The monoisotopic (exact) mass is 526 g/mol. The lowest BCUT2D eigenvalue weighted by Gasteiger charge is -2.28. The first-order valence-corrected chi connectivity index (χ1v) is 12.8. The first-order valence-electron chi connectivity index (χ1n) is 12.8. The molecule has 2 heterocycles. The van der Waals surface area contributed by atoms with Gasteiger partial charge in [0.05, 0.1) is 25.8 Å². The van der Waals surface area contributed by atoms with Crippen molar-refractivity contribution in [2.75, 3.05) is 37.1 Å². The maximum Gasteiger partial charge on any atom is 0.294 e. The minimum absolute atomic E-state index is 0.00481. The van der Waals surface area contributed by atoms with E-state index in [0.717, 1.165) is 18.8 Å². The molecule has 0 radical (unpaired) electrons. The van der Waals surface area contributed by atoms with Gasteiger partial charge in [0.15, 0.2) is 22.9 Å². The molecule has 8 nitrogen and oxygen atoms in total. The normalized spacial score (nSPS) is 15.2. The number of carbonyl (C=O) groups is 2. The lowest BCUT2D eigenvalue weighted by molar-refractivity contribution is -0.117. The smallest absolute Gasteiger partial charge is 0.294 e. The summed E-state index contributed by atoms with van der Waals surface area (Å²) in [6.07, 6.45) is 0. The molecule has 5 rings (SSSR count). The lowest BCUT2D eigenvalue weighted by Crippen LogP contribution is -2.31. The van der Waals surface area contributed by atoms with Crippen molar-refractivity contribution < 1.29 is 28.6 Å². The number of furan rings is 1. The molecule has 1 aliphatic rings. The highest BCUT2D eigenvalue weighted by atomic mass is 16.5. The molecule has 1 unspecified atom stereocenters. The molecule has 0 bridgehead atoms. The van der Waals surface area contributed by atoms with E-state index in [0.29, 0.717) is 33.7 Å². The quantitative estimate of drug-likeness (QED) is 0.264. The van der Waals surface area contributed by atoms with Crippen LogP contribution in [-0.2, 0) is 4.79 Å². The van der Waals surface area contributed by atoms with Gasteiger partial charge in [-0.05, 0) is 67.9 Å². The van der Waals surface area contributed by atoms with E-state index in [9.17, 15) is 14.7 Å². The summed E-state index contributed by atoms with van der Waals surface area (Å²) < 4.78 is 16.6. The maximum atomic E-state index is 13.9. The molecule has 1 aliphatic heterocycles. The number of aliphatic hydroxyl groups is 1. The van der Waals surface area contributed by atoms with Gasteiger partial charge in [-0.1, -0.05) is 24.3 Å². The fraction of sp³-hybridized carbons (Fsp3) is 0.226. The molecular formula is C31H30N2O6. The lowest BCUT2D eigenvalue weighted by atomic mass is 9.94. The van der Waals surface area contributed by atoms with Crippen molar-refractivity contribution in [3.8, 4) is 11.5 Å². The van der Waals surface area contributed by atoms with Crippen LogP contribution in [0.3, 0.4) is 0 Å². The van der Waals surface area contributed by atoms with Crippen molar-refractivity contribution >= 4 is 34.0 Å². The number of ether oxygens (including phenoxy) is 2. The molecule has 4 aromatic rings. The molecule has 200 valence electrons. The van der Waals surface area contributed by atoms with Crippen molar-refractivity contribution in [2.45, 2.75) is 19.9 Å². The van der Waals surface area contributed by atoms with Crippen LogP contribution in [0, 0.1) is 0 Å². The van der Waals surface area contributed by atoms with Crippen molar-refractivity contribution in [1.29, 1.82) is 0 Å². The zero-order chi connectivity index (χ0) is 27.7. The van der Waals surface area contributed by atoms with E-state index in [1.807, 2.05) is 24.3 Å². The number of benzene rings is 3. The first-order chi connectivity index (χ1) is 18.9. The van der Waals surface area contributed by atoms with Gasteiger partial charge in [0.25, 0.3) is 5.91 Å². The standard InChI is InChI=1S/C31H30N2O6/c1-5-32(6-2)21-12-10-19(11-13-21)27-26(28(34)25-18-20-8-7-9-24(38-4)30(20)39-25)29(35)31(36)33(27)22-14-16-23(37-3)17-15-22/h7-18,27,35H,5-6H2,1-4H3. The summed E-state index contributed by atoms with van der Waals surface area (Å²) in [4.78, 5) is 31.1. The zero-order valence-electron chi connectivity index (χ0n) is 22.3. The van der Waals surface area contributed by atoms with Gasteiger partial charge in [0.2, 0.25) is 5.78 Å². The van der Waals surface area contributed by atoms with Crippen molar-refractivity contribution in [3.05, 3.63) is 95.5 Å². The number of hydrogen-bond acceptors (Lipinski definition) is 7. The van der Waals surface area contributed by atoms with Crippen LogP contribution in [0.15, 0.2) is 88.5 Å². The summed E-state index contributed by atoms with van der Waals surface area (Å²) in [5.41, 5.74) is 2.58. The number of methoxy groups -OCH3 is 2. The number of hydrogen-bond donors (Lipinski definition) is 1. The van der Waals surface area contributed by atoms with Gasteiger partial charge in [-0.3, -0.25) is 14.5 Å². The zero-order valence-corrected chi connectivity index (χ0v) is 22.3. The van der Waals surface area contributed by atoms with Crippen LogP contribution >= 0.6 is 0 Å². The SMILES string of the molecule is CCN(CC)c1ccc(C2C(C(=O)c3cc4cccc(OC)c4o3)=C(O)C(=O)N2c2ccc(OC)cc2)cc1. The third-order valence-corrected chi connectivity index (χ3v) is 7.09. The van der Waals surface area contributed by atoms with Gasteiger partial charge in [0, 0.05) is 29.9 Å². The summed E-state index contributed by atoms with van der Waals surface area (Å²) in [6.45, 7) is 5.85. The molecule has 0 fully saturated rings. The van der Waals surface area contributed by atoms with Gasteiger partial charge in [-0.2, -0.15) is 0 Å². The van der Waals surface area contributed by atoms with E-state index < -0.39 is 23.5 Å². The molecule has 8 heteroatoms. The molecular weight excluding hydrogens is 496 g/mol. The van der Waals surface area contributed by atoms with Crippen LogP contribution in [-0.4, -0.2) is 44.1 Å². The first kappa shape index (κ1) is 25.9. The van der Waals surface area contributed by atoms with E-state index >= 15 is 0 Å². The Morgan fingerprint density at radius 1 is 0.974 bits per heavy atom. The van der Waals surface area contributed by atoms with Gasteiger partial charge < -0.3 is 23.9 Å². The third kappa shape index (κ3) is 4.48. The minimum atomic E-state index is -0.876. The molecule has 0 saturated carbocycles. The highest BCUT2D eigenvalue weighted by Crippen LogP contribution is 2.43. The third-order valence-electron chi connectivity index (χ3n) is 7.09. The van der Waals surface area contributed by atoms with Crippen molar-refractivity contribution in [3.63, 3.8) is 0 Å². The Morgan fingerprint density at radius 3 is 2.28 bits per heavy atom. The predicted molar refractivity (Wildman–Crippen MR) is 150 cm³/mol. The Labute approximate surface area is 226 Å². The fourth-order valence-corrected chi connectivity index (χ4v) is 5.06. The molecule has 0 saturated heterocycles. The van der Waals surface area contributed by atoms with Gasteiger partial charge >= 0.3 is 0 Å². The Balaban J connectivity index is 1.62. The van der Waals surface area contributed by atoms with Crippen LogP contribution in [0.2, 0.25) is 0 Å². The molecule has 1 atom stereocenters. The molecule has 1 aromatic heterocycles. The number of nitrogens with zero attached hydrogens (tertiary/aromatic N) is 2. The highest BCUT2D eigenvalue weighted by molar-refractivity contribution is 6.20. The molecule has 0 spiro atoms. The van der Waals surface area contributed by atoms with Crippen molar-refractivity contribution in [1.82, 2.24) is 0 Å². The molecule has 39 heavy (non-hydrogen) atoms. The predicted octanol–water partition coefficient (Wildman–Crippen LogP) is 6.08. The number of fused-ring (bicyclic) bond motifs is 1. The average Bonchev–Trinajstić information content (AvgIpc) is 3.53. The average molecular weight is 527 g/mol. The number of carbonyl (C=O) groups excluding carboxylic acids is 2. The molecule has 0 aliphatic carbocycles.